The van der Waals surface area contributed by atoms with Crippen LogP contribution in [0.5, 0.6) is 5.75 Å². The summed E-state index contributed by atoms with van der Waals surface area (Å²) in [5, 5.41) is 11.1. The second-order valence-electron chi connectivity index (χ2n) is 8.52. The maximum atomic E-state index is 13.3. The molecule has 0 unspecified atom stereocenters. The lowest BCUT2D eigenvalue weighted by molar-refractivity contribution is -0.0233. The van der Waals surface area contributed by atoms with Crippen molar-refractivity contribution in [3.63, 3.8) is 0 Å². The molecule has 2 aromatic carbocycles. The van der Waals surface area contributed by atoms with E-state index in [4.69, 9.17) is 9.47 Å². The minimum atomic E-state index is -0.457. The molecule has 0 saturated carbocycles. The predicted octanol–water partition coefficient (Wildman–Crippen LogP) is 4.57. The van der Waals surface area contributed by atoms with Gasteiger partial charge in [0.15, 0.2) is 0 Å². The number of H-pyrrole nitrogens is 1. The summed E-state index contributed by atoms with van der Waals surface area (Å²) in [6.45, 7) is 3.27. The Morgan fingerprint density at radius 3 is 2.91 bits per heavy atom. The van der Waals surface area contributed by atoms with Crippen molar-refractivity contribution >= 4 is 38.8 Å². The van der Waals surface area contributed by atoms with Crippen LogP contribution in [0.15, 0.2) is 47.1 Å². The van der Waals surface area contributed by atoms with Crippen LogP contribution >= 0.6 is 15.9 Å². The largest absolute Gasteiger partial charge is 0.487 e. The van der Waals surface area contributed by atoms with Gasteiger partial charge in [0.05, 0.1) is 29.9 Å². The molecule has 1 spiro atoms. The van der Waals surface area contributed by atoms with Crippen LogP contribution in [0, 0.1) is 0 Å². The van der Waals surface area contributed by atoms with Gasteiger partial charge in [0, 0.05) is 47.8 Å². The Morgan fingerprint density at radius 2 is 2.12 bits per heavy atom. The van der Waals surface area contributed by atoms with Crippen molar-refractivity contribution in [2.24, 2.45) is 0 Å². The summed E-state index contributed by atoms with van der Waals surface area (Å²) in [5.74, 6) is 0.598. The molecule has 0 radical (unpaired) electrons. The summed E-state index contributed by atoms with van der Waals surface area (Å²) in [4.78, 5) is 27.2. The number of halogens is 1. The van der Waals surface area contributed by atoms with E-state index in [1.807, 2.05) is 30.3 Å². The Morgan fingerprint density at radius 1 is 1.30 bits per heavy atom. The zero-order valence-corrected chi connectivity index (χ0v) is 19.9. The standard InChI is InChI=1S/C24H25BrN4O4/c1-2-32-23(31)29-10-8-24(9-11-29)13-19(18-12-16(25)6-7-20(18)33-24)27-22(30)17-5-3-4-15-14-26-28-21(15)17/h3-7,12,14,19H,2,8-11,13H2,1H3,(H,26,28)(H,27,30)/t19-/m0/s1. The molecule has 8 nitrogen and oxygen atoms in total. The normalized spacial score (nSPS) is 19.1. The number of hydrogen-bond donors (Lipinski definition) is 2. The molecule has 0 bridgehead atoms. The molecule has 2 N–H and O–H groups in total. The number of fused-ring (bicyclic) bond motifs is 2. The second-order valence-corrected chi connectivity index (χ2v) is 9.44. The molecule has 9 heteroatoms. The van der Waals surface area contributed by atoms with Crippen LogP contribution in [0.25, 0.3) is 10.9 Å². The summed E-state index contributed by atoms with van der Waals surface area (Å²) in [5.41, 5.74) is 1.75. The number of likely N-dealkylation sites (tertiary alicyclic amines) is 1. The molecule has 2 amide bonds. The fourth-order valence-electron chi connectivity index (χ4n) is 4.78. The Kier molecular flexibility index (Phi) is 5.74. The summed E-state index contributed by atoms with van der Waals surface area (Å²) in [6.07, 6.45) is 3.38. The van der Waals surface area contributed by atoms with Crippen molar-refractivity contribution in [2.75, 3.05) is 19.7 Å². The molecule has 1 saturated heterocycles. The van der Waals surface area contributed by atoms with Crippen LogP contribution in [0.3, 0.4) is 0 Å². The number of nitrogens with zero attached hydrogens (tertiary/aromatic N) is 2. The molecular formula is C24H25BrN4O4. The molecule has 1 fully saturated rings. The summed E-state index contributed by atoms with van der Waals surface area (Å²) < 4.78 is 12.6. The van der Waals surface area contributed by atoms with Crippen LogP contribution in [-0.2, 0) is 4.74 Å². The third kappa shape index (κ3) is 4.17. The van der Waals surface area contributed by atoms with Gasteiger partial charge in [-0.3, -0.25) is 9.89 Å². The first-order valence-corrected chi connectivity index (χ1v) is 11.9. The van der Waals surface area contributed by atoms with Gasteiger partial charge in [0.2, 0.25) is 0 Å². The van der Waals surface area contributed by atoms with Crippen molar-refractivity contribution < 1.29 is 19.1 Å². The topological polar surface area (TPSA) is 96.5 Å². The lowest BCUT2D eigenvalue weighted by Crippen LogP contribution is -2.53. The van der Waals surface area contributed by atoms with Crippen LogP contribution in [-0.4, -0.2) is 52.4 Å². The van der Waals surface area contributed by atoms with Crippen LogP contribution in [0.4, 0.5) is 4.79 Å². The summed E-state index contributed by atoms with van der Waals surface area (Å²) in [6, 6.07) is 11.2. The van der Waals surface area contributed by atoms with Gasteiger partial charge in [-0.1, -0.05) is 28.1 Å². The summed E-state index contributed by atoms with van der Waals surface area (Å²) in [7, 11) is 0. The average Bonchev–Trinajstić information content (AvgIpc) is 3.29. The minimum Gasteiger partial charge on any atom is -0.487 e. The maximum Gasteiger partial charge on any atom is 0.409 e. The molecular weight excluding hydrogens is 488 g/mol. The van der Waals surface area contributed by atoms with E-state index in [0.29, 0.717) is 50.0 Å². The number of aromatic nitrogens is 2. The predicted molar refractivity (Wildman–Crippen MR) is 126 cm³/mol. The number of benzene rings is 2. The number of carbonyl (C=O) groups is 2. The SMILES string of the molecule is CCOC(=O)N1CCC2(CC1)C[C@H](NC(=O)c1cccc3cn[nH]c13)c1cc(Br)ccc1O2. The van der Waals surface area contributed by atoms with E-state index in [1.54, 1.807) is 24.1 Å². The molecule has 1 aromatic heterocycles. The zero-order chi connectivity index (χ0) is 23.0. The van der Waals surface area contributed by atoms with E-state index in [0.717, 1.165) is 21.2 Å². The van der Waals surface area contributed by atoms with Gasteiger partial charge in [0.1, 0.15) is 11.4 Å². The van der Waals surface area contributed by atoms with Gasteiger partial charge >= 0.3 is 6.09 Å². The fraction of sp³-hybridized carbons (Fsp3) is 0.375. The molecule has 2 aliphatic heterocycles. The van der Waals surface area contributed by atoms with E-state index in [1.165, 1.54) is 0 Å². The van der Waals surface area contributed by atoms with Gasteiger partial charge < -0.3 is 19.7 Å². The molecule has 0 aliphatic carbocycles. The molecule has 2 aliphatic rings. The fourth-order valence-corrected chi connectivity index (χ4v) is 5.16. The smallest absolute Gasteiger partial charge is 0.409 e. The van der Waals surface area contributed by atoms with Gasteiger partial charge in [-0.15, -0.1) is 0 Å². The third-order valence-corrected chi connectivity index (χ3v) is 6.97. The van der Waals surface area contributed by atoms with Crippen molar-refractivity contribution in [1.82, 2.24) is 20.4 Å². The molecule has 5 rings (SSSR count). The average molecular weight is 513 g/mol. The number of hydrogen-bond acceptors (Lipinski definition) is 5. The van der Waals surface area contributed by atoms with E-state index < -0.39 is 5.60 Å². The van der Waals surface area contributed by atoms with Crippen LogP contribution in [0.1, 0.15) is 48.1 Å². The molecule has 172 valence electrons. The molecule has 1 atom stereocenters. The quantitative estimate of drug-likeness (QED) is 0.535. The Hall–Kier alpha value is -3.07. The highest BCUT2D eigenvalue weighted by atomic mass is 79.9. The number of rotatable bonds is 3. The zero-order valence-electron chi connectivity index (χ0n) is 18.3. The molecule has 3 aromatic rings. The second kappa shape index (κ2) is 8.70. The lowest BCUT2D eigenvalue weighted by Gasteiger charge is -2.46. The van der Waals surface area contributed by atoms with Crippen molar-refractivity contribution in [3.05, 3.63) is 58.2 Å². The van der Waals surface area contributed by atoms with Crippen LogP contribution in [0.2, 0.25) is 0 Å². The number of amides is 2. The lowest BCUT2D eigenvalue weighted by atomic mass is 9.80. The highest BCUT2D eigenvalue weighted by Crippen LogP contribution is 2.45. The monoisotopic (exact) mass is 512 g/mol. The van der Waals surface area contributed by atoms with Crippen molar-refractivity contribution in [2.45, 2.75) is 37.8 Å². The van der Waals surface area contributed by atoms with Gasteiger partial charge in [-0.05, 0) is 31.2 Å². The minimum absolute atomic E-state index is 0.165. The summed E-state index contributed by atoms with van der Waals surface area (Å²) >= 11 is 3.54. The Labute approximate surface area is 199 Å². The van der Waals surface area contributed by atoms with Gasteiger partial charge in [-0.2, -0.15) is 5.10 Å². The third-order valence-electron chi connectivity index (χ3n) is 6.48. The Balaban J connectivity index is 1.41. The first kappa shape index (κ1) is 21.8. The maximum absolute atomic E-state index is 13.3. The molecule has 33 heavy (non-hydrogen) atoms. The highest BCUT2D eigenvalue weighted by molar-refractivity contribution is 9.10. The van der Waals surface area contributed by atoms with Crippen molar-refractivity contribution in [1.29, 1.82) is 0 Å². The number of aromatic amines is 1. The number of carbonyl (C=O) groups excluding carboxylic acids is 2. The number of ether oxygens (including phenoxy) is 2. The van der Waals surface area contributed by atoms with E-state index in [9.17, 15) is 9.59 Å². The Bertz CT molecular complexity index is 1200. The number of piperidine rings is 1. The van der Waals surface area contributed by atoms with Crippen LogP contribution < -0.4 is 10.1 Å². The number of para-hydroxylation sites is 1. The van der Waals surface area contributed by atoms with Gasteiger partial charge in [-0.25, -0.2) is 4.79 Å². The van der Waals surface area contributed by atoms with Crippen molar-refractivity contribution in [3.8, 4) is 5.75 Å². The highest BCUT2D eigenvalue weighted by Gasteiger charge is 2.44. The van der Waals surface area contributed by atoms with Gasteiger partial charge in [0.25, 0.3) is 5.91 Å². The molecule has 3 heterocycles. The number of nitrogens with one attached hydrogen (secondary N) is 2. The van der Waals surface area contributed by atoms with E-state index in [2.05, 4.69) is 31.4 Å². The van der Waals surface area contributed by atoms with E-state index >= 15 is 0 Å². The first-order chi connectivity index (χ1) is 16.0. The first-order valence-electron chi connectivity index (χ1n) is 11.1. The van der Waals surface area contributed by atoms with E-state index in [-0.39, 0.29) is 18.0 Å².